The third-order valence-electron chi connectivity index (χ3n) is 1.32. The number of hydrogen-bond acceptors (Lipinski definition) is 3. The van der Waals surface area contributed by atoms with E-state index in [9.17, 15) is 0 Å². The van der Waals surface area contributed by atoms with E-state index < -0.39 is 0 Å². The van der Waals surface area contributed by atoms with Crippen molar-refractivity contribution in [2.75, 3.05) is 7.11 Å². The Morgan fingerprint density at radius 3 is 3.00 bits per heavy atom. The average molecular weight is 153 g/mol. The third-order valence-corrected chi connectivity index (χ3v) is 1.32. The molecule has 0 aliphatic carbocycles. The minimum atomic E-state index is 0.726. The molecule has 0 spiro atoms. The molecule has 0 atom stereocenters. The zero-order valence-corrected chi connectivity index (χ0v) is 6.70. The summed E-state index contributed by atoms with van der Waals surface area (Å²) in [6, 6.07) is 3.79. The van der Waals surface area contributed by atoms with Crippen LogP contribution in [0.3, 0.4) is 0 Å². The highest BCUT2D eigenvalue weighted by atomic mass is 16.6. The number of nitrogens with zero attached hydrogens (tertiary/aromatic N) is 1. The molecule has 1 aromatic heterocycles. The van der Waals surface area contributed by atoms with E-state index in [2.05, 4.69) is 9.99 Å². The summed E-state index contributed by atoms with van der Waals surface area (Å²) in [6.07, 6.45) is 2.44. The molecule has 0 unspecified atom stereocenters. The number of furan rings is 1. The van der Waals surface area contributed by atoms with Crippen LogP contribution in [0.2, 0.25) is 0 Å². The van der Waals surface area contributed by atoms with Crippen molar-refractivity contribution in [3.8, 4) is 0 Å². The molecule has 11 heavy (non-hydrogen) atoms. The van der Waals surface area contributed by atoms with Gasteiger partial charge in [-0.25, -0.2) is 0 Å². The van der Waals surface area contributed by atoms with Crippen LogP contribution in [-0.2, 0) is 11.3 Å². The molecular weight excluding hydrogens is 142 g/mol. The van der Waals surface area contributed by atoms with Gasteiger partial charge in [0, 0.05) is 6.42 Å². The lowest BCUT2D eigenvalue weighted by molar-refractivity contribution is 0.215. The van der Waals surface area contributed by atoms with Crippen LogP contribution in [-0.4, -0.2) is 13.3 Å². The topological polar surface area (TPSA) is 34.7 Å². The van der Waals surface area contributed by atoms with Gasteiger partial charge in [-0.1, -0.05) is 12.1 Å². The van der Waals surface area contributed by atoms with Crippen molar-refractivity contribution in [2.45, 2.75) is 13.3 Å². The maximum absolute atomic E-state index is 5.31. The van der Waals surface area contributed by atoms with Crippen LogP contribution in [0.15, 0.2) is 21.7 Å². The van der Waals surface area contributed by atoms with Gasteiger partial charge in [0.25, 0.3) is 0 Å². The molecule has 60 valence electrons. The maximum Gasteiger partial charge on any atom is 0.148 e. The van der Waals surface area contributed by atoms with Crippen molar-refractivity contribution in [1.82, 2.24) is 0 Å². The molecule has 0 radical (unpaired) electrons. The van der Waals surface area contributed by atoms with Crippen molar-refractivity contribution in [2.24, 2.45) is 5.16 Å². The van der Waals surface area contributed by atoms with Crippen molar-refractivity contribution >= 4 is 6.21 Å². The number of aryl methyl sites for hydroxylation is 1. The first kappa shape index (κ1) is 7.85. The van der Waals surface area contributed by atoms with Gasteiger partial charge >= 0.3 is 0 Å². The van der Waals surface area contributed by atoms with Crippen LogP contribution in [0.5, 0.6) is 0 Å². The summed E-state index contributed by atoms with van der Waals surface area (Å²) < 4.78 is 5.31. The molecule has 3 nitrogen and oxygen atoms in total. The van der Waals surface area contributed by atoms with Crippen molar-refractivity contribution in [3.63, 3.8) is 0 Å². The Labute approximate surface area is 65.6 Å². The van der Waals surface area contributed by atoms with Gasteiger partial charge in [0.15, 0.2) is 0 Å². The summed E-state index contributed by atoms with van der Waals surface area (Å²) in [6.45, 7) is 2.04. The van der Waals surface area contributed by atoms with Gasteiger partial charge in [-0.3, -0.25) is 0 Å². The van der Waals surface area contributed by atoms with Gasteiger partial charge in [0.2, 0.25) is 0 Å². The molecule has 0 aliphatic rings. The number of hydrogen-bond donors (Lipinski definition) is 0. The van der Waals surface area contributed by atoms with E-state index >= 15 is 0 Å². The Kier molecular flexibility index (Phi) is 2.72. The largest absolute Gasteiger partial charge is 0.460 e. The summed E-state index contributed by atoms with van der Waals surface area (Å²) in [4.78, 5) is 4.50. The minimum Gasteiger partial charge on any atom is -0.460 e. The summed E-state index contributed by atoms with van der Waals surface area (Å²) in [7, 11) is 1.50. The van der Waals surface area contributed by atoms with E-state index in [1.165, 1.54) is 7.11 Å². The van der Waals surface area contributed by atoms with E-state index in [0.717, 1.165) is 17.9 Å². The monoisotopic (exact) mass is 153 g/mol. The highest BCUT2D eigenvalue weighted by Crippen LogP contribution is 2.05. The molecule has 0 aromatic carbocycles. The molecule has 1 aromatic rings. The van der Waals surface area contributed by atoms with E-state index in [1.54, 1.807) is 6.21 Å². The van der Waals surface area contributed by atoms with Gasteiger partial charge in [-0.15, -0.1) is 0 Å². The Hall–Kier alpha value is -1.25. The van der Waals surface area contributed by atoms with Crippen LogP contribution in [0.25, 0.3) is 0 Å². The van der Waals surface area contributed by atoms with E-state index in [4.69, 9.17) is 4.42 Å². The fourth-order valence-electron chi connectivity index (χ4n) is 0.759. The van der Waals surface area contributed by atoms with Crippen LogP contribution in [0.4, 0.5) is 0 Å². The molecule has 0 bridgehead atoms. The molecule has 3 heteroatoms. The SMILES string of the molecule is CCc1ccc(/C=N/OC)o1. The molecule has 0 fully saturated rings. The van der Waals surface area contributed by atoms with E-state index in [-0.39, 0.29) is 0 Å². The second-order valence-corrected chi connectivity index (χ2v) is 2.07. The van der Waals surface area contributed by atoms with Crippen molar-refractivity contribution in [1.29, 1.82) is 0 Å². The molecule has 0 amide bonds. The van der Waals surface area contributed by atoms with Gasteiger partial charge in [-0.2, -0.15) is 0 Å². The molecule has 0 N–H and O–H groups in total. The second-order valence-electron chi connectivity index (χ2n) is 2.07. The third kappa shape index (κ3) is 2.11. The lowest BCUT2D eigenvalue weighted by atomic mass is 10.4. The fraction of sp³-hybridized carbons (Fsp3) is 0.375. The fourth-order valence-corrected chi connectivity index (χ4v) is 0.759. The highest BCUT2D eigenvalue weighted by molar-refractivity contribution is 5.75. The summed E-state index contributed by atoms with van der Waals surface area (Å²) in [5.41, 5.74) is 0. The average Bonchev–Trinajstić information content (AvgIpc) is 2.48. The van der Waals surface area contributed by atoms with Crippen molar-refractivity contribution in [3.05, 3.63) is 23.7 Å². The number of oxime groups is 1. The zero-order chi connectivity index (χ0) is 8.10. The smallest absolute Gasteiger partial charge is 0.148 e. The quantitative estimate of drug-likeness (QED) is 0.490. The molecular formula is C8H11NO2. The first-order chi connectivity index (χ1) is 5.36. The molecule has 1 rings (SSSR count). The summed E-state index contributed by atoms with van der Waals surface area (Å²) in [5, 5.41) is 3.57. The Balaban J connectivity index is 2.65. The molecule has 0 aliphatic heterocycles. The van der Waals surface area contributed by atoms with Crippen LogP contribution in [0.1, 0.15) is 18.4 Å². The van der Waals surface area contributed by atoms with Gasteiger partial charge in [0.05, 0.1) is 0 Å². The lowest BCUT2D eigenvalue weighted by Gasteiger charge is -1.86. The minimum absolute atomic E-state index is 0.726. The normalized spacial score (nSPS) is 10.7. The maximum atomic E-state index is 5.31. The first-order valence-corrected chi connectivity index (χ1v) is 3.52. The lowest BCUT2D eigenvalue weighted by Crippen LogP contribution is -1.76. The van der Waals surface area contributed by atoms with E-state index in [1.807, 2.05) is 19.1 Å². The Bertz CT molecular complexity index is 240. The van der Waals surface area contributed by atoms with Gasteiger partial charge in [-0.05, 0) is 12.1 Å². The van der Waals surface area contributed by atoms with Crippen LogP contribution < -0.4 is 0 Å². The predicted molar refractivity (Wildman–Crippen MR) is 42.7 cm³/mol. The van der Waals surface area contributed by atoms with Crippen LogP contribution in [0, 0.1) is 0 Å². The second kappa shape index (κ2) is 3.81. The summed E-state index contributed by atoms with van der Waals surface area (Å²) >= 11 is 0. The Morgan fingerprint density at radius 1 is 1.64 bits per heavy atom. The summed E-state index contributed by atoms with van der Waals surface area (Å²) in [5.74, 6) is 1.69. The molecule has 0 saturated heterocycles. The van der Waals surface area contributed by atoms with E-state index in [0.29, 0.717) is 0 Å². The first-order valence-electron chi connectivity index (χ1n) is 3.52. The zero-order valence-electron chi connectivity index (χ0n) is 6.70. The standard InChI is InChI=1S/C8H11NO2/c1-3-7-4-5-8(11-7)6-9-10-2/h4-6H,3H2,1-2H3/b9-6+. The molecule has 0 saturated carbocycles. The highest BCUT2D eigenvalue weighted by Gasteiger charge is 1.95. The van der Waals surface area contributed by atoms with Crippen LogP contribution >= 0.6 is 0 Å². The Morgan fingerprint density at radius 2 is 2.45 bits per heavy atom. The predicted octanol–water partition coefficient (Wildman–Crippen LogP) is 1.82. The van der Waals surface area contributed by atoms with Gasteiger partial charge in [0.1, 0.15) is 24.8 Å². The molecule has 1 heterocycles. The van der Waals surface area contributed by atoms with Crippen molar-refractivity contribution < 1.29 is 9.25 Å². The number of rotatable bonds is 3. The van der Waals surface area contributed by atoms with Gasteiger partial charge < -0.3 is 9.25 Å².